The lowest BCUT2D eigenvalue weighted by molar-refractivity contribution is -0.262. The lowest BCUT2D eigenvalue weighted by Crippen LogP contribution is -2.63. The first kappa shape index (κ1) is 14.3. The number of aliphatic hydroxyl groups is 3. The van der Waals surface area contributed by atoms with E-state index >= 15 is 0 Å². The van der Waals surface area contributed by atoms with Crippen molar-refractivity contribution in [1.29, 1.82) is 0 Å². The SMILES string of the molecule is C[C@@H](O[C@@H]1C(N)[C@H](O)OC(CO)[C@H]1O)C(=O)O. The molecule has 1 rings (SSSR count). The van der Waals surface area contributed by atoms with Crippen molar-refractivity contribution < 1.29 is 34.7 Å². The van der Waals surface area contributed by atoms with Gasteiger partial charge in [0.15, 0.2) is 12.4 Å². The molecule has 1 aliphatic heterocycles. The van der Waals surface area contributed by atoms with Crippen molar-refractivity contribution in [2.24, 2.45) is 5.73 Å². The number of aliphatic hydroxyl groups excluding tert-OH is 3. The van der Waals surface area contributed by atoms with Crippen LogP contribution in [-0.4, -0.2) is 69.8 Å². The van der Waals surface area contributed by atoms with E-state index in [-0.39, 0.29) is 0 Å². The van der Waals surface area contributed by atoms with Crippen molar-refractivity contribution in [2.75, 3.05) is 6.61 Å². The molecule has 0 radical (unpaired) electrons. The number of hydrogen-bond acceptors (Lipinski definition) is 7. The molecule has 1 aliphatic rings. The molecule has 17 heavy (non-hydrogen) atoms. The molecule has 0 spiro atoms. The molecule has 1 fully saturated rings. The van der Waals surface area contributed by atoms with Gasteiger partial charge in [0.25, 0.3) is 0 Å². The Labute approximate surface area is 97.6 Å². The zero-order valence-electron chi connectivity index (χ0n) is 9.26. The van der Waals surface area contributed by atoms with Crippen LogP contribution in [0.15, 0.2) is 0 Å². The molecule has 0 aromatic heterocycles. The fraction of sp³-hybridized carbons (Fsp3) is 0.889. The van der Waals surface area contributed by atoms with Gasteiger partial charge in [0, 0.05) is 0 Å². The summed E-state index contributed by atoms with van der Waals surface area (Å²) in [5.41, 5.74) is 5.54. The summed E-state index contributed by atoms with van der Waals surface area (Å²) in [6, 6.07) is -1.09. The van der Waals surface area contributed by atoms with Crippen LogP contribution in [0.1, 0.15) is 6.92 Å². The average molecular weight is 251 g/mol. The van der Waals surface area contributed by atoms with E-state index in [1.54, 1.807) is 0 Å². The van der Waals surface area contributed by atoms with Crippen molar-refractivity contribution >= 4 is 5.97 Å². The number of nitrogens with two attached hydrogens (primary N) is 1. The zero-order chi connectivity index (χ0) is 13.2. The third-order valence-electron chi connectivity index (χ3n) is 2.63. The van der Waals surface area contributed by atoms with Gasteiger partial charge in [0.1, 0.15) is 18.3 Å². The van der Waals surface area contributed by atoms with Crippen LogP contribution in [0.3, 0.4) is 0 Å². The van der Waals surface area contributed by atoms with Crippen LogP contribution < -0.4 is 5.73 Å². The number of ether oxygens (including phenoxy) is 2. The largest absolute Gasteiger partial charge is 0.479 e. The quantitative estimate of drug-likeness (QED) is 0.361. The van der Waals surface area contributed by atoms with Crippen LogP contribution in [0.2, 0.25) is 0 Å². The van der Waals surface area contributed by atoms with Gasteiger partial charge in [-0.15, -0.1) is 0 Å². The standard InChI is InChI=1S/C9H17NO7/c1-3(8(13)14)16-7-5(10)9(15)17-4(2-11)6(7)12/h3-7,9,11-12,15H,2,10H2,1H3,(H,13,14)/t3-,4?,5?,6-,7-,9-/m1/s1. The summed E-state index contributed by atoms with van der Waals surface area (Å²) in [6.07, 6.45) is -6.11. The smallest absolute Gasteiger partial charge is 0.332 e. The zero-order valence-corrected chi connectivity index (χ0v) is 9.26. The van der Waals surface area contributed by atoms with Gasteiger partial charge in [-0.25, -0.2) is 4.79 Å². The van der Waals surface area contributed by atoms with Gasteiger partial charge < -0.3 is 35.6 Å². The summed E-state index contributed by atoms with van der Waals surface area (Å²) in [7, 11) is 0. The van der Waals surface area contributed by atoms with E-state index in [4.69, 9.17) is 25.4 Å². The summed E-state index contributed by atoms with van der Waals surface area (Å²) < 4.78 is 9.89. The minimum atomic E-state index is -1.43. The lowest BCUT2D eigenvalue weighted by Gasteiger charge is -2.41. The van der Waals surface area contributed by atoms with Crippen molar-refractivity contribution in [2.45, 2.75) is 43.7 Å². The predicted molar refractivity (Wildman–Crippen MR) is 53.9 cm³/mol. The molecule has 0 aromatic rings. The molecule has 0 aliphatic carbocycles. The summed E-state index contributed by atoms with van der Waals surface area (Å²) in [4.78, 5) is 10.6. The topological polar surface area (TPSA) is 142 Å². The normalized spacial score (nSPS) is 39.9. The Morgan fingerprint density at radius 3 is 2.59 bits per heavy atom. The Kier molecular flexibility index (Phi) is 4.80. The molecular formula is C9H17NO7. The summed E-state index contributed by atoms with van der Waals surface area (Å²) in [6.45, 7) is 0.740. The molecule has 8 nitrogen and oxygen atoms in total. The number of rotatable bonds is 4. The molecule has 0 saturated carbocycles. The van der Waals surface area contributed by atoms with Crippen LogP contribution in [-0.2, 0) is 14.3 Å². The molecular weight excluding hydrogens is 234 g/mol. The molecule has 8 heteroatoms. The molecule has 6 atom stereocenters. The number of carboxylic acids is 1. The summed E-state index contributed by atoms with van der Waals surface area (Å²) in [5.74, 6) is -1.22. The fourth-order valence-corrected chi connectivity index (χ4v) is 1.57. The fourth-order valence-electron chi connectivity index (χ4n) is 1.57. The van der Waals surface area contributed by atoms with Gasteiger partial charge in [-0.2, -0.15) is 0 Å². The van der Waals surface area contributed by atoms with Crippen LogP contribution in [0.4, 0.5) is 0 Å². The monoisotopic (exact) mass is 251 g/mol. The third-order valence-corrected chi connectivity index (χ3v) is 2.63. The van der Waals surface area contributed by atoms with Gasteiger partial charge in [0.2, 0.25) is 0 Å². The second kappa shape index (κ2) is 5.71. The van der Waals surface area contributed by atoms with E-state index in [0.717, 1.165) is 0 Å². The van der Waals surface area contributed by atoms with Crippen molar-refractivity contribution in [3.63, 3.8) is 0 Å². The molecule has 0 amide bonds. The highest BCUT2D eigenvalue weighted by molar-refractivity contribution is 5.71. The Balaban J connectivity index is 2.74. The van der Waals surface area contributed by atoms with Crippen LogP contribution in [0, 0.1) is 0 Å². The Hall–Kier alpha value is -0.770. The Morgan fingerprint density at radius 1 is 1.53 bits per heavy atom. The van der Waals surface area contributed by atoms with Gasteiger partial charge in [0.05, 0.1) is 12.6 Å². The molecule has 6 N–H and O–H groups in total. The highest BCUT2D eigenvalue weighted by atomic mass is 16.6. The van der Waals surface area contributed by atoms with Crippen LogP contribution in [0.25, 0.3) is 0 Å². The van der Waals surface area contributed by atoms with E-state index in [2.05, 4.69) is 0 Å². The van der Waals surface area contributed by atoms with Crippen LogP contribution in [0.5, 0.6) is 0 Å². The third kappa shape index (κ3) is 3.12. The van der Waals surface area contributed by atoms with Crippen molar-refractivity contribution in [3.8, 4) is 0 Å². The molecule has 2 unspecified atom stereocenters. The molecule has 0 aromatic carbocycles. The van der Waals surface area contributed by atoms with Crippen LogP contribution >= 0.6 is 0 Å². The van der Waals surface area contributed by atoms with Gasteiger partial charge >= 0.3 is 5.97 Å². The average Bonchev–Trinajstić information content (AvgIpc) is 2.28. The minimum Gasteiger partial charge on any atom is -0.479 e. The summed E-state index contributed by atoms with van der Waals surface area (Å²) >= 11 is 0. The van der Waals surface area contributed by atoms with E-state index < -0.39 is 49.3 Å². The second-order valence-electron chi connectivity index (χ2n) is 3.90. The first-order chi connectivity index (χ1) is 7.88. The Bertz CT molecular complexity index is 274. The summed E-state index contributed by atoms with van der Waals surface area (Å²) in [5, 5.41) is 36.8. The molecule has 100 valence electrons. The highest BCUT2D eigenvalue weighted by Crippen LogP contribution is 2.22. The van der Waals surface area contributed by atoms with Crippen molar-refractivity contribution in [3.05, 3.63) is 0 Å². The maximum atomic E-state index is 10.6. The van der Waals surface area contributed by atoms with Gasteiger partial charge in [-0.1, -0.05) is 0 Å². The number of hydrogen-bond donors (Lipinski definition) is 5. The minimum absolute atomic E-state index is 0.535. The maximum Gasteiger partial charge on any atom is 0.332 e. The van der Waals surface area contributed by atoms with Crippen molar-refractivity contribution in [1.82, 2.24) is 0 Å². The predicted octanol–water partition coefficient (Wildman–Crippen LogP) is -2.76. The first-order valence-corrected chi connectivity index (χ1v) is 5.14. The maximum absolute atomic E-state index is 10.6. The van der Waals surface area contributed by atoms with Gasteiger partial charge in [-0.3, -0.25) is 0 Å². The highest BCUT2D eigenvalue weighted by Gasteiger charge is 2.44. The molecule has 1 heterocycles. The van der Waals surface area contributed by atoms with Gasteiger partial charge in [-0.05, 0) is 6.92 Å². The lowest BCUT2D eigenvalue weighted by atomic mass is 9.97. The Morgan fingerprint density at radius 2 is 2.12 bits per heavy atom. The molecule has 1 saturated heterocycles. The number of carboxylic acid groups (broad SMARTS) is 1. The number of aliphatic carboxylic acids is 1. The number of carbonyl (C=O) groups is 1. The van der Waals surface area contributed by atoms with E-state index in [1.165, 1.54) is 6.92 Å². The van der Waals surface area contributed by atoms with E-state index in [1.807, 2.05) is 0 Å². The molecule has 0 bridgehead atoms. The second-order valence-corrected chi connectivity index (χ2v) is 3.90. The van der Waals surface area contributed by atoms with E-state index in [0.29, 0.717) is 0 Å². The van der Waals surface area contributed by atoms with E-state index in [9.17, 15) is 15.0 Å². The first-order valence-electron chi connectivity index (χ1n) is 5.14.